The molecule has 1 aromatic heterocycles. The lowest BCUT2D eigenvalue weighted by atomic mass is 10.2. The minimum Gasteiger partial charge on any atom is -0.490 e. The van der Waals surface area contributed by atoms with Gasteiger partial charge in [0.15, 0.2) is 11.5 Å². The third kappa shape index (κ3) is 6.65. The number of fused-ring (bicyclic) bond motifs is 1. The number of thiophene rings is 1. The van der Waals surface area contributed by atoms with Crippen molar-refractivity contribution in [3.8, 4) is 11.5 Å². The van der Waals surface area contributed by atoms with E-state index in [2.05, 4.69) is 15.8 Å². The molecule has 8 nitrogen and oxygen atoms in total. The molecule has 0 unspecified atom stereocenters. The number of nitrogens with zero attached hydrogens (tertiary/aromatic N) is 1. The highest BCUT2D eigenvalue weighted by Gasteiger charge is 2.17. The molecule has 42 heavy (non-hydrogen) atoms. The van der Waals surface area contributed by atoms with Crippen LogP contribution < -0.4 is 20.2 Å². The molecule has 0 atom stereocenters. The molecule has 5 aromatic rings. The summed E-state index contributed by atoms with van der Waals surface area (Å²) >= 11 is 7.73. The van der Waals surface area contributed by atoms with Gasteiger partial charge in [0.2, 0.25) is 0 Å². The molecule has 0 aliphatic rings. The van der Waals surface area contributed by atoms with Crippen molar-refractivity contribution in [3.05, 3.63) is 124 Å². The number of esters is 1. The number of ether oxygens (including phenoxy) is 2. The number of amides is 2. The molecule has 0 saturated heterocycles. The van der Waals surface area contributed by atoms with E-state index in [9.17, 15) is 14.4 Å². The van der Waals surface area contributed by atoms with Crippen LogP contribution in [-0.2, 0) is 0 Å². The summed E-state index contributed by atoms with van der Waals surface area (Å²) < 4.78 is 12.1. The Kier molecular flexibility index (Phi) is 8.91. The molecule has 210 valence electrons. The van der Waals surface area contributed by atoms with Gasteiger partial charge in [-0.2, -0.15) is 5.10 Å². The summed E-state index contributed by atoms with van der Waals surface area (Å²) in [5.41, 5.74) is 4.39. The second kappa shape index (κ2) is 13.1. The fourth-order valence-electron chi connectivity index (χ4n) is 3.97. The molecule has 1 heterocycles. The van der Waals surface area contributed by atoms with Crippen molar-refractivity contribution >= 4 is 62.7 Å². The summed E-state index contributed by atoms with van der Waals surface area (Å²) in [5.74, 6) is -0.620. The summed E-state index contributed by atoms with van der Waals surface area (Å²) in [5, 5.41) is 8.09. The zero-order chi connectivity index (χ0) is 29.5. The maximum atomic E-state index is 12.8. The summed E-state index contributed by atoms with van der Waals surface area (Å²) in [6.07, 6.45) is 1.45. The number of benzene rings is 4. The van der Waals surface area contributed by atoms with Gasteiger partial charge in [-0.05, 0) is 73.2 Å². The van der Waals surface area contributed by atoms with Crippen molar-refractivity contribution in [1.82, 2.24) is 5.43 Å². The van der Waals surface area contributed by atoms with Crippen LogP contribution in [0.15, 0.2) is 102 Å². The van der Waals surface area contributed by atoms with E-state index in [1.165, 1.54) is 17.6 Å². The van der Waals surface area contributed by atoms with Gasteiger partial charge in [-0.25, -0.2) is 10.2 Å². The Bertz CT molecular complexity index is 1790. The van der Waals surface area contributed by atoms with Gasteiger partial charge >= 0.3 is 5.97 Å². The molecule has 0 aliphatic carbocycles. The summed E-state index contributed by atoms with van der Waals surface area (Å²) in [6, 6.07) is 27.6. The molecule has 2 N–H and O–H groups in total. The Hall–Kier alpha value is -4.99. The van der Waals surface area contributed by atoms with Crippen LogP contribution in [-0.4, -0.2) is 30.6 Å². The molecular weight excluding hydrogens is 574 g/mol. The first-order valence-electron chi connectivity index (χ1n) is 12.9. The standard InChI is InChI=1S/C32H24ClN3O5S/c1-2-40-26-18-20(12-17-25(26)41-32(39)22-8-4-3-5-9-22)19-34-36-30(37)21-13-15-23(16-14-21)35-31(38)29-28(33)24-10-6-7-11-27(24)42-29/h3-19H,2H2,1H3,(H,35,38)(H,36,37)/b34-19-. The highest BCUT2D eigenvalue weighted by molar-refractivity contribution is 7.21. The Balaban J connectivity index is 1.19. The van der Waals surface area contributed by atoms with E-state index in [1.54, 1.807) is 66.7 Å². The largest absolute Gasteiger partial charge is 0.490 e. The molecule has 0 radical (unpaired) electrons. The first kappa shape index (κ1) is 28.5. The first-order valence-corrected chi connectivity index (χ1v) is 14.1. The summed E-state index contributed by atoms with van der Waals surface area (Å²) in [7, 11) is 0. The van der Waals surface area contributed by atoms with Crippen LogP contribution in [0.5, 0.6) is 11.5 Å². The summed E-state index contributed by atoms with van der Waals surface area (Å²) in [4.78, 5) is 38.3. The lowest BCUT2D eigenvalue weighted by Gasteiger charge is -2.11. The normalized spacial score (nSPS) is 10.9. The third-order valence-corrected chi connectivity index (χ3v) is 7.68. The molecule has 4 aromatic carbocycles. The van der Waals surface area contributed by atoms with Crippen LogP contribution in [0, 0.1) is 0 Å². The fourth-order valence-corrected chi connectivity index (χ4v) is 5.39. The number of carbonyl (C=O) groups excluding carboxylic acids is 3. The number of rotatable bonds is 9. The van der Waals surface area contributed by atoms with Crippen molar-refractivity contribution in [2.75, 3.05) is 11.9 Å². The van der Waals surface area contributed by atoms with Crippen molar-refractivity contribution < 1.29 is 23.9 Å². The highest BCUT2D eigenvalue weighted by Crippen LogP contribution is 2.35. The predicted molar refractivity (Wildman–Crippen MR) is 165 cm³/mol. The van der Waals surface area contributed by atoms with Gasteiger partial charge < -0.3 is 14.8 Å². The molecule has 0 fully saturated rings. The van der Waals surface area contributed by atoms with E-state index in [0.717, 1.165) is 10.1 Å². The maximum Gasteiger partial charge on any atom is 0.343 e. The van der Waals surface area contributed by atoms with Crippen LogP contribution in [0.2, 0.25) is 5.02 Å². The van der Waals surface area contributed by atoms with Gasteiger partial charge in [0.05, 0.1) is 23.4 Å². The van der Waals surface area contributed by atoms with E-state index >= 15 is 0 Å². The Morgan fingerprint density at radius 3 is 2.33 bits per heavy atom. The number of nitrogens with one attached hydrogen (secondary N) is 2. The van der Waals surface area contributed by atoms with Crippen molar-refractivity contribution in [2.24, 2.45) is 5.10 Å². The van der Waals surface area contributed by atoms with E-state index in [-0.39, 0.29) is 11.7 Å². The predicted octanol–water partition coefficient (Wildman–Crippen LogP) is 7.19. The van der Waals surface area contributed by atoms with Crippen molar-refractivity contribution in [1.29, 1.82) is 0 Å². The lowest BCUT2D eigenvalue weighted by molar-refractivity contribution is 0.0728. The number of anilines is 1. The second-order valence-corrected chi connectivity index (χ2v) is 10.3. The number of halogens is 1. The average molecular weight is 598 g/mol. The van der Waals surface area contributed by atoms with Crippen LogP contribution >= 0.6 is 22.9 Å². The quantitative estimate of drug-likeness (QED) is 0.0809. The molecule has 0 saturated carbocycles. The van der Waals surface area contributed by atoms with E-state index in [4.69, 9.17) is 21.1 Å². The maximum absolute atomic E-state index is 12.8. The van der Waals surface area contributed by atoms with Crippen LogP contribution in [0.25, 0.3) is 10.1 Å². The molecule has 0 aliphatic heterocycles. The summed E-state index contributed by atoms with van der Waals surface area (Å²) in [6.45, 7) is 2.18. The van der Waals surface area contributed by atoms with Gasteiger partial charge in [-0.3, -0.25) is 9.59 Å². The zero-order valence-electron chi connectivity index (χ0n) is 22.3. The number of hydrazone groups is 1. The van der Waals surface area contributed by atoms with Gasteiger partial charge in [-0.1, -0.05) is 48.0 Å². The van der Waals surface area contributed by atoms with Gasteiger partial charge in [0.25, 0.3) is 11.8 Å². The minimum absolute atomic E-state index is 0.272. The van der Waals surface area contributed by atoms with Gasteiger partial charge in [0, 0.05) is 21.3 Å². The number of carbonyl (C=O) groups is 3. The average Bonchev–Trinajstić information content (AvgIpc) is 3.35. The van der Waals surface area contributed by atoms with E-state index < -0.39 is 11.9 Å². The molecule has 10 heteroatoms. The SMILES string of the molecule is CCOc1cc(/C=N\NC(=O)c2ccc(NC(=O)c3sc4ccccc4c3Cl)cc2)ccc1OC(=O)c1ccccc1. The fraction of sp³-hybridized carbons (Fsp3) is 0.0625. The Labute approximate surface area is 250 Å². The number of hydrogen-bond acceptors (Lipinski definition) is 7. The van der Waals surface area contributed by atoms with Crippen molar-refractivity contribution in [3.63, 3.8) is 0 Å². The Morgan fingerprint density at radius 2 is 1.60 bits per heavy atom. The Morgan fingerprint density at radius 1 is 0.857 bits per heavy atom. The van der Waals surface area contributed by atoms with Crippen LogP contribution in [0.1, 0.15) is 42.9 Å². The molecular formula is C32H24ClN3O5S. The molecule has 5 rings (SSSR count). The van der Waals surface area contributed by atoms with Gasteiger partial charge in [0.1, 0.15) is 4.88 Å². The third-order valence-electron chi connectivity index (χ3n) is 6.01. The molecule has 2 amide bonds. The van der Waals surface area contributed by atoms with Crippen molar-refractivity contribution in [2.45, 2.75) is 6.92 Å². The highest BCUT2D eigenvalue weighted by atomic mass is 35.5. The van der Waals surface area contributed by atoms with E-state index in [0.29, 0.717) is 44.6 Å². The first-order chi connectivity index (χ1) is 20.4. The minimum atomic E-state index is -0.500. The van der Waals surface area contributed by atoms with Crippen LogP contribution in [0.4, 0.5) is 5.69 Å². The van der Waals surface area contributed by atoms with Gasteiger partial charge in [-0.15, -0.1) is 11.3 Å². The zero-order valence-corrected chi connectivity index (χ0v) is 23.9. The topological polar surface area (TPSA) is 106 Å². The van der Waals surface area contributed by atoms with Crippen LogP contribution in [0.3, 0.4) is 0 Å². The molecule has 0 spiro atoms. The number of hydrogen-bond donors (Lipinski definition) is 2. The lowest BCUT2D eigenvalue weighted by Crippen LogP contribution is -2.17. The second-order valence-electron chi connectivity index (χ2n) is 8.87. The smallest absolute Gasteiger partial charge is 0.343 e. The monoisotopic (exact) mass is 597 g/mol. The molecule has 0 bridgehead atoms. The van der Waals surface area contributed by atoms with E-state index in [1.807, 2.05) is 37.3 Å².